The van der Waals surface area contributed by atoms with Crippen LogP contribution in [-0.2, 0) is 9.84 Å². The van der Waals surface area contributed by atoms with Crippen molar-refractivity contribution in [1.82, 2.24) is 0 Å². The van der Waals surface area contributed by atoms with Crippen molar-refractivity contribution in [1.29, 1.82) is 0 Å². The maximum absolute atomic E-state index is 12.5. The highest BCUT2D eigenvalue weighted by atomic mass is 32.2. The van der Waals surface area contributed by atoms with Crippen LogP contribution in [0.1, 0.15) is 20.7 Å². The highest BCUT2D eigenvalue weighted by molar-refractivity contribution is 7.91. The number of aromatic hydroxyl groups is 2. The molecule has 0 amide bonds. The largest absolute Gasteiger partial charge is 0.504 e. The van der Waals surface area contributed by atoms with Crippen molar-refractivity contribution >= 4 is 21.8 Å². The van der Waals surface area contributed by atoms with Gasteiger partial charge in [0.1, 0.15) is 10.5 Å². The lowest BCUT2D eigenvalue weighted by Gasteiger charge is -2.12. The van der Waals surface area contributed by atoms with Crippen LogP contribution in [0.4, 0.5) is 0 Å². The Morgan fingerprint density at radius 1 is 0.870 bits per heavy atom. The van der Waals surface area contributed by atoms with Gasteiger partial charge in [-0.1, -0.05) is 18.2 Å². The van der Waals surface area contributed by atoms with Crippen LogP contribution in [0.2, 0.25) is 0 Å². The fourth-order valence-electron chi connectivity index (χ4n) is 1.95. The summed E-state index contributed by atoms with van der Waals surface area (Å²) in [4.78, 5) is 21.0. The Morgan fingerprint density at radius 2 is 1.43 bits per heavy atom. The Hall–Kier alpha value is -3.07. The second-order valence-corrected chi connectivity index (χ2v) is 6.34. The van der Waals surface area contributed by atoms with E-state index < -0.39 is 49.3 Å². The molecule has 0 heterocycles. The van der Waals surface area contributed by atoms with Crippen molar-refractivity contribution in [3.05, 3.63) is 47.5 Å². The number of benzene rings is 2. The predicted molar refractivity (Wildman–Crippen MR) is 75.6 cm³/mol. The molecule has 23 heavy (non-hydrogen) atoms. The first-order valence-corrected chi connectivity index (χ1v) is 7.52. The van der Waals surface area contributed by atoms with Crippen molar-refractivity contribution in [3.63, 3.8) is 0 Å². The lowest BCUT2D eigenvalue weighted by Crippen LogP contribution is -2.12. The molecule has 0 aliphatic carbocycles. The zero-order valence-electron chi connectivity index (χ0n) is 11.3. The summed E-state index contributed by atoms with van der Waals surface area (Å²) in [6, 6.07) is 7.28. The van der Waals surface area contributed by atoms with E-state index in [2.05, 4.69) is 0 Å². The molecule has 0 atom stereocenters. The van der Waals surface area contributed by atoms with Gasteiger partial charge in [0.2, 0.25) is 9.84 Å². The molecule has 0 saturated carbocycles. The molecule has 0 unspecified atom stereocenters. The Kier molecular flexibility index (Phi) is 3.98. The molecule has 0 saturated heterocycles. The van der Waals surface area contributed by atoms with Gasteiger partial charge < -0.3 is 20.4 Å². The maximum Gasteiger partial charge on any atom is 0.340 e. The van der Waals surface area contributed by atoms with Crippen molar-refractivity contribution in [2.45, 2.75) is 9.79 Å². The minimum absolute atomic E-state index is 0.255. The normalized spacial score (nSPS) is 11.1. The number of carboxylic acids is 2. The SMILES string of the molecule is O=C(O)c1cc(S(=O)(=O)c2ccccc2)c(O)c(O)c1C(=O)O. The van der Waals surface area contributed by atoms with Crippen molar-refractivity contribution < 1.29 is 38.4 Å². The van der Waals surface area contributed by atoms with Crippen LogP contribution >= 0.6 is 0 Å². The van der Waals surface area contributed by atoms with E-state index in [4.69, 9.17) is 10.2 Å². The summed E-state index contributed by atoms with van der Waals surface area (Å²) in [5.41, 5.74) is -2.05. The fraction of sp³-hybridized carbons (Fsp3) is 0. The summed E-state index contributed by atoms with van der Waals surface area (Å²) >= 11 is 0. The molecule has 0 spiro atoms. The summed E-state index contributed by atoms with van der Waals surface area (Å²) in [7, 11) is -4.36. The van der Waals surface area contributed by atoms with E-state index in [9.17, 15) is 28.2 Å². The van der Waals surface area contributed by atoms with Crippen LogP contribution in [0.15, 0.2) is 46.2 Å². The second kappa shape index (κ2) is 5.61. The third-order valence-electron chi connectivity index (χ3n) is 3.03. The average molecular weight is 338 g/mol. The molecule has 0 fully saturated rings. The number of sulfone groups is 1. The van der Waals surface area contributed by atoms with E-state index in [1.807, 2.05) is 0 Å². The number of rotatable bonds is 4. The summed E-state index contributed by atoms with van der Waals surface area (Å²) in [6.45, 7) is 0. The second-order valence-electron chi connectivity index (χ2n) is 4.42. The first-order chi connectivity index (χ1) is 10.7. The average Bonchev–Trinajstić information content (AvgIpc) is 2.49. The quantitative estimate of drug-likeness (QED) is 0.610. The third kappa shape index (κ3) is 2.69. The van der Waals surface area contributed by atoms with Crippen molar-refractivity contribution in [3.8, 4) is 11.5 Å². The van der Waals surface area contributed by atoms with Gasteiger partial charge in [0.05, 0.1) is 10.5 Å². The van der Waals surface area contributed by atoms with Gasteiger partial charge in [0.15, 0.2) is 11.5 Å². The van der Waals surface area contributed by atoms with Gasteiger partial charge in [-0.2, -0.15) is 0 Å². The van der Waals surface area contributed by atoms with E-state index in [-0.39, 0.29) is 4.90 Å². The topological polar surface area (TPSA) is 149 Å². The fourth-order valence-corrected chi connectivity index (χ4v) is 3.34. The number of phenols is 2. The van der Waals surface area contributed by atoms with Crippen molar-refractivity contribution in [2.24, 2.45) is 0 Å². The van der Waals surface area contributed by atoms with Gasteiger partial charge >= 0.3 is 11.9 Å². The molecule has 0 aromatic heterocycles. The Balaban J connectivity index is 2.85. The molecule has 2 aromatic rings. The summed E-state index contributed by atoms with van der Waals surface area (Å²) < 4.78 is 24.9. The van der Waals surface area contributed by atoms with E-state index in [1.54, 1.807) is 6.07 Å². The lowest BCUT2D eigenvalue weighted by molar-refractivity contribution is 0.0647. The predicted octanol–water partition coefficient (Wildman–Crippen LogP) is 1.33. The summed E-state index contributed by atoms with van der Waals surface area (Å²) in [5, 5.41) is 37.6. The van der Waals surface area contributed by atoms with Crippen LogP contribution < -0.4 is 0 Å². The van der Waals surface area contributed by atoms with Gasteiger partial charge in [-0.15, -0.1) is 0 Å². The van der Waals surface area contributed by atoms with Gasteiger partial charge in [-0.3, -0.25) is 0 Å². The lowest BCUT2D eigenvalue weighted by atomic mass is 10.1. The van der Waals surface area contributed by atoms with Crippen LogP contribution in [0.5, 0.6) is 11.5 Å². The van der Waals surface area contributed by atoms with Gasteiger partial charge in [-0.05, 0) is 18.2 Å². The number of phenolic OH excluding ortho intramolecular Hbond substituents is 1. The Labute approximate surface area is 129 Å². The molecule has 0 aliphatic heterocycles. The Morgan fingerprint density at radius 3 is 1.91 bits per heavy atom. The first kappa shape index (κ1) is 16.3. The minimum atomic E-state index is -4.36. The first-order valence-electron chi connectivity index (χ1n) is 6.03. The number of carboxylic acid groups (broad SMARTS) is 2. The number of carbonyl (C=O) groups is 2. The number of hydrogen-bond acceptors (Lipinski definition) is 6. The number of aromatic carboxylic acids is 2. The summed E-state index contributed by atoms with van der Waals surface area (Å²) in [6.07, 6.45) is 0. The standard InChI is InChI=1S/C14H10O8S/c15-11-9(23(21,22)7-4-2-1-3-5-7)6-8(13(17)18)10(12(11)16)14(19)20/h1-6,15-16H,(H,17,18)(H,19,20). The molecular formula is C14H10O8S. The van der Waals surface area contributed by atoms with E-state index in [0.717, 1.165) is 0 Å². The molecule has 9 heteroatoms. The molecule has 0 bridgehead atoms. The molecule has 0 radical (unpaired) electrons. The molecular weight excluding hydrogens is 328 g/mol. The van der Waals surface area contributed by atoms with Crippen molar-refractivity contribution in [2.75, 3.05) is 0 Å². The maximum atomic E-state index is 12.5. The highest BCUT2D eigenvalue weighted by Crippen LogP contribution is 2.40. The van der Waals surface area contributed by atoms with Crippen LogP contribution in [0, 0.1) is 0 Å². The van der Waals surface area contributed by atoms with E-state index >= 15 is 0 Å². The monoisotopic (exact) mass is 338 g/mol. The Bertz CT molecular complexity index is 900. The molecule has 0 aliphatic rings. The molecule has 120 valence electrons. The van der Waals surface area contributed by atoms with Crippen LogP contribution in [-0.4, -0.2) is 40.8 Å². The summed E-state index contributed by atoms with van der Waals surface area (Å²) in [5.74, 6) is -6.13. The van der Waals surface area contributed by atoms with Gasteiger partial charge in [0, 0.05) is 0 Å². The highest BCUT2D eigenvalue weighted by Gasteiger charge is 2.31. The smallest absolute Gasteiger partial charge is 0.340 e. The van der Waals surface area contributed by atoms with E-state index in [1.165, 1.54) is 24.3 Å². The van der Waals surface area contributed by atoms with E-state index in [0.29, 0.717) is 6.07 Å². The molecule has 2 rings (SSSR count). The molecule has 8 nitrogen and oxygen atoms in total. The number of hydrogen-bond donors (Lipinski definition) is 4. The van der Waals surface area contributed by atoms with Gasteiger partial charge in [0.25, 0.3) is 0 Å². The zero-order valence-corrected chi connectivity index (χ0v) is 12.1. The molecule has 4 N–H and O–H groups in total. The third-order valence-corrected chi connectivity index (χ3v) is 4.81. The van der Waals surface area contributed by atoms with Crippen LogP contribution in [0.25, 0.3) is 0 Å². The zero-order chi connectivity index (χ0) is 17.4. The molecule has 2 aromatic carbocycles. The minimum Gasteiger partial charge on any atom is -0.504 e. The van der Waals surface area contributed by atoms with Gasteiger partial charge in [-0.25, -0.2) is 18.0 Å². The van der Waals surface area contributed by atoms with Crippen LogP contribution in [0.3, 0.4) is 0 Å².